The lowest BCUT2D eigenvalue weighted by Gasteiger charge is -2.12. The summed E-state index contributed by atoms with van der Waals surface area (Å²) in [7, 11) is 0. The van der Waals surface area contributed by atoms with Crippen LogP contribution in [0, 0.1) is 5.92 Å². The molecule has 3 heteroatoms. The van der Waals surface area contributed by atoms with Crippen molar-refractivity contribution < 1.29 is 14.6 Å². The van der Waals surface area contributed by atoms with Crippen LogP contribution in [-0.2, 0) is 9.47 Å². The predicted molar refractivity (Wildman–Crippen MR) is 36.5 cm³/mol. The summed E-state index contributed by atoms with van der Waals surface area (Å²) in [5.41, 5.74) is 0. The van der Waals surface area contributed by atoms with E-state index in [0.717, 1.165) is 0 Å². The summed E-state index contributed by atoms with van der Waals surface area (Å²) in [6, 6.07) is 0. The monoisotopic (exact) mass is 146 g/mol. The molecule has 1 aliphatic rings. The summed E-state index contributed by atoms with van der Waals surface area (Å²) < 4.78 is 10.5. The minimum atomic E-state index is -0.114. The molecule has 0 aliphatic carbocycles. The molecule has 0 aromatic rings. The molecule has 2 atom stereocenters. The quantitative estimate of drug-likeness (QED) is 0.612. The summed E-state index contributed by atoms with van der Waals surface area (Å²) >= 11 is 0. The van der Waals surface area contributed by atoms with E-state index in [4.69, 9.17) is 14.6 Å². The van der Waals surface area contributed by atoms with Crippen molar-refractivity contribution in [2.45, 2.75) is 26.2 Å². The highest BCUT2D eigenvalue weighted by molar-refractivity contribution is 4.65. The minimum Gasteiger partial charge on any atom is -0.394 e. The van der Waals surface area contributed by atoms with E-state index in [1.165, 1.54) is 0 Å². The van der Waals surface area contributed by atoms with Gasteiger partial charge in [-0.2, -0.15) is 0 Å². The van der Waals surface area contributed by atoms with Gasteiger partial charge in [-0.1, -0.05) is 13.8 Å². The molecule has 0 spiro atoms. The summed E-state index contributed by atoms with van der Waals surface area (Å²) in [5.74, 6) is 0.372. The van der Waals surface area contributed by atoms with E-state index < -0.39 is 0 Å². The third-order valence-corrected chi connectivity index (χ3v) is 1.52. The van der Waals surface area contributed by atoms with Crippen molar-refractivity contribution in [3.05, 3.63) is 0 Å². The Kier molecular flexibility index (Phi) is 2.65. The molecule has 0 aromatic carbocycles. The van der Waals surface area contributed by atoms with E-state index in [1.807, 2.05) is 13.8 Å². The highest BCUT2D eigenvalue weighted by Crippen LogP contribution is 2.17. The first-order valence-corrected chi connectivity index (χ1v) is 3.62. The lowest BCUT2D eigenvalue weighted by atomic mass is 10.2. The molecule has 0 saturated carbocycles. The maximum Gasteiger partial charge on any atom is 0.160 e. The average Bonchev–Trinajstić information content (AvgIpc) is 2.34. The fourth-order valence-corrected chi connectivity index (χ4v) is 0.916. The van der Waals surface area contributed by atoms with Crippen LogP contribution in [0.3, 0.4) is 0 Å². The van der Waals surface area contributed by atoms with Crippen LogP contribution in [0.15, 0.2) is 0 Å². The number of rotatable bonds is 2. The minimum absolute atomic E-state index is 0.0587. The molecule has 3 nitrogen and oxygen atoms in total. The smallest absolute Gasteiger partial charge is 0.160 e. The Bertz CT molecular complexity index is 103. The van der Waals surface area contributed by atoms with Gasteiger partial charge in [0.15, 0.2) is 6.29 Å². The topological polar surface area (TPSA) is 38.7 Å². The number of aliphatic hydroxyl groups excluding tert-OH is 1. The maximum absolute atomic E-state index is 8.66. The fourth-order valence-electron chi connectivity index (χ4n) is 0.916. The summed E-state index contributed by atoms with van der Waals surface area (Å²) in [5, 5.41) is 8.66. The molecule has 1 heterocycles. The zero-order valence-corrected chi connectivity index (χ0v) is 6.41. The van der Waals surface area contributed by atoms with E-state index in [1.54, 1.807) is 0 Å². The van der Waals surface area contributed by atoms with Crippen molar-refractivity contribution in [2.24, 2.45) is 5.92 Å². The zero-order chi connectivity index (χ0) is 7.56. The normalized spacial score (nSPS) is 33.6. The molecule has 10 heavy (non-hydrogen) atoms. The van der Waals surface area contributed by atoms with Gasteiger partial charge in [-0.25, -0.2) is 0 Å². The lowest BCUT2D eigenvalue weighted by molar-refractivity contribution is -0.0927. The van der Waals surface area contributed by atoms with Crippen LogP contribution in [0.5, 0.6) is 0 Å². The third kappa shape index (κ3) is 1.68. The largest absolute Gasteiger partial charge is 0.394 e. The Hall–Kier alpha value is -0.120. The molecule has 0 radical (unpaired) electrons. The van der Waals surface area contributed by atoms with Crippen LogP contribution >= 0.6 is 0 Å². The van der Waals surface area contributed by atoms with Crippen LogP contribution in [0.25, 0.3) is 0 Å². The summed E-state index contributed by atoms with van der Waals surface area (Å²) in [4.78, 5) is 0. The first-order chi connectivity index (χ1) is 4.74. The van der Waals surface area contributed by atoms with Gasteiger partial charge in [0.1, 0.15) is 6.10 Å². The predicted octanol–water partition coefficient (Wildman–Crippen LogP) is 0.376. The second-order valence-corrected chi connectivity index (χ2v) is 2.89. The van der Waals surface area contributed by atoms with Gasteiger partial charge in [0.25, 0.3) is 0 Å². The lowest BCUT2D eigenvalue weighted by Crippen LogP contribution is -2.19. The van der Waals surface area contributed by atoms with Crippen LogP contribution in [0.1, 0.15) is 13.8 Å². The van der Waals surface area contributed by atoms with Crippen molar-refractivity contribution >= 4 is 0 Å². The molecule has 60 valence electrons. The molecular formula is C7H14O3. The van der Waals surface area contributed by atoms with E-state index in [-0.39, 0.29) is 19.0 Å². The Morgan fingerprint density at radius 1 is 1.60 bits per heavy atom. The second-order valence-electron chi connectivity index (χ2n) is 2.89. The average molecular weight is 146 g/mol. The van der Waals surface area contributed by atoms with Gasteiger partial charge in [0, 0.05) is 5.92 Å². The Morgan fingerprint density at radius 2 is 2.30 bits per heavy atom. The fraction of sp³-hybridized carbons (Fsp3) is 1.00. The SMILES string of the molecule is CC(C)[C@@H]1OC[C@H](CO)O1. The first kappa shape index (κ1) is 7.98. The summed E-state index contributed by atoms with van der Waals surface area (Å²) in [6.07, 6.45) is -0.218. The van der Waals surface area contributed by atoms with Crippen LogP contribution in [-0.4, -0.2) is 30.7 Å². The van der Waals surface area contributed by atoms with E-state index in [2.05, 4.69) is 0 Å². The van der Waals surface area contributed by atoms with Crippen molar-refractivity contribution in [3.8, 4) is 0 Å². The number of aliphatic hydroxyl groups is 1. The Labute approximate surface area is 60.9 Å². The standard InChI is InChI=1S/C7H14O3/c1-5(2)7-9-4-6(3-8)10-7/h5-8H,3-4H2,1-2H3/t6-,7+/m0/s1. The van der Waals surface area contributed by atoms with E-state index >= 15 is 0 Å². The zero-order valence-electron chi connectivity index (χ0n) is 6.41. The molecule has 1 N–H and O–H groups in total. The van der Waals surface area contributed by atoms with Gasteiger partial charge >= 0.3 is 0 Å². The van der Waals surface area contributed by atoms with Crippen molar-refractivity contribution in [2.75, 3.05) is 13.2 Å². The van der Waals surface area contributed by atoms with Gasteiger partial charge < -0.3 is 14.6 Å². The van der Waals surface area contributed by atoms with E-state index in [0.29, 0.717) is 12.5 Å². The molecule has 1 aliphatic heterocycles. The van der Waals surface area contributed by atoms with E-state index in [9.17, 15) is 0 Å². The van der Waals surface area contributed by atoms with Gasteiger partial charge in [-0.3, -0.25) is 0 Å². The van der Waals surface area contributed by atoms with Crippen LogP contribution < -0.4 is 0 Å². The van der Waals surface area contributed by atoms with Crippen LogP contribution in [0.2, 0.25) is 0 Å². The third-order valence-electron chi connectivity index (χ3n) is 1.52. The Morgan fingerprint density at radius 3 is 2.60 bits per heavy atom. The highest BCUT2D eigenvalue weighted by atomic mass is 16.7. The molecule has 1 fully saturated rings. The maximum atomic E-state index is 8.66. The van der Waals surface area contributed by atoms with Gasteiger partial charge in [0.05, 0.1) is 13.2 Å². The van der Waals surface area contributed by atoms with Crippen molar-refractivity contribution in [1.29, 1.82) is 0 Å². The molecule has 0 amide bonds. The molecule has 0 aromatic heterocycles. The number of ether oxygens (including phenoxy) is 2. The van der Waals surface area contributed by atoms with Crippen LogP contribution in [0.4, 0.5) is 0 Å². The highest BCUT2D eigenvalue weighted by Gasteiger charge is 2.27. The second kappa shape index (κ2) is 3.32. The first-order valence-electron chi connectivity index (χ1n) is 3.62. The number of hydrogen-bond donors (Lipinski definition) is 1. The van der Waals surface area contributed by atoms with Crippen molar-refractivity contribution in [3.63, 3.8) is 0 Å². The summed E-state index contributed by atoms with van der Waals surface area (Å²) in [6.45, 7) is 4.65. The van der Waals surface area contributed by atoms with Gasteiger partial charge in [-0.15, -0.1) is 0 Å². The molecule has 0 bridgehead atoms. The van der Waals surface area contributed by atoms with Crippen molar-refractivity contribution in [1.82, 2.24) is 0 Å². The molecule has 1 saturated heterocycles. The Balaban J connectivity index is 2.28. The molecule has 1 rings (SSSR count). The van der Waals surface area contributed by atoms with Gasteiger partial charge in [-0.05, 0) is 0 Å². The molecular weight excluding hydrogens is 132 g/mol. The number of hydrogen-bond acceptors (Lipinski definition) is 3. The molecule has 0 unspecified atom stereocenters. The van der Waals surface area contributed by atoms with Gasteiger partial charge in [0.2, 0.25) is 0 Å².